The van der Waals surface area contributed by atoms with E-state index in [-0.39, 0.29) is 0 Å². The summed E-state index contributed by atoms with van der Waals surface area (Å²) in [6, 6.07) is 0.292. The Morgan fingerprint density at radius 3 is 2.89 bits per heavy atom. The van der Waals surface area contributed by atoms with Gasteiger partial charge in [0, 0.05) is 37.3 Å². The van der Waals surface area contributed by atoms with E-state index in [1.807, 2.05) is 23.8 Å². The Morgan fingerprint density at radius 2 is 2.11 bits per heavy atom. The molecule has 7 heteroatoms. The molecule has 3 aromatic rings. The van der Waals surface area contributed by atoms with Crippen LogP contribution in [0.4, 0.5) is 0 Å². The van der Waals surface area contributed by atoms with Gasteiger partial charge in [-0.25, -0.2) is 9.97 Å². The van der Waals surface area contributed by atoms with Crippen LogP contribution in [0.2, 0.25) is 0 Å². The van der Waals surface area contributed by atoms with Crippen LogP contribution in [0.25, 0.3) is 17.2 Å². The van der Waals surface area contributed by atoms with Crippen LogP contribution >= 0.6 is 0 Å². The smallest absolute Gasteiger partial charge is 0.280 e. The van der Waals surface area contributed by atoms with E-state index in [1.54, 1.807) is 12.4 Å². The molecule has 1 unspecified atom stereocenters. The highest BCUT2D eigenvalue weighted by Crippen LogP contribution is 2.19. The largest absolute Gasteiger partial charge is 0.332 e. The summed E-state index contributed by atoms with van der Waals surface area (Å²) in [6.07, 6.45) is 7.77. The summed E-state index contributed by atoms with van der Waals surface area (Å²) in [7, 11) is 1.90. The zero-order valence-corrected chi connectivity index (χ0v) is 10.7. The summed E-state index contributed by atoms with van der Waals surface area (Å²) >= 11 is 0. The first-order valence-electron chi connectivity index (χ1n) is 6.06. The number of fused-ring (bicyclic) bond motifs is 1. The molecule has 0 bridgehead atoms. The molecule has 0 aliphatic heterocycles. The van der Waals surface area contributed by atoms with Crippen molar-refractivity contribution in [1.29, 1.82) is 0 Å². The Morgan fingerprint density at radius 1 is 1.32 bits per heavy atom. The predicted molar refractivity (Wildman–Crippen MR) is 68.5 cm³/mol. The number of likely N-dealkylation sites (N-methyl/N-ethyl adjacent to an activating group) is 1. The first kappa shape index (κ1) is 11.8. The molecule has 0 aromatic carbocycles. The second-order valence-corrected chi connectivity index (χ2v) is 4.34. The van der Waals surface area contributed by atoms with Crippen LogP contribution in [0.15, 0.2) is 29.3 Å². The van der Waals surface area contributed by atoms with Gasteiger partial charge in [0.1, 0.15) is 0 Å². The Labute approximate surface area is 109 Å². The third-order valence-corrected chi connectivity index (χ3v) is 2.96. The molecule has 0 aliphatic carbocycles. The molecule has 0 radical (unpaired) electrons. The number of aromatic nitrogens is 5. The molecular weight excluding hydrogens is 244 g/mol. The molecule has 0 aliphatic rings. The third kappa shape index (κ3) is 2.19. The van der Waals surface area contributed by atoms with Gasteiger partial charge < -0.3 is 14.2 Å². The first-order chi connectivity index (χ1) is 9.28. The van der Waals surface area contributed by atoms with Crippen LogP contribution < -0.4 is 5.32 Å². The summed E-state index contributed by atoms with van der Waals surface area (Å²) in [5, 5.41) is 7.10. The molecule has 0 saturated carbocycles. The van der Waals surface area contributed by atoms with Gasteiger partial charge in [-0.1, -0.05) is 5.16 Å². The van der Waals surface area contributed by atoms with Gasteiger partial charge in [0.25, 0.3) is 5.89 Å². The highest BCUT2D eigenvalue weighted by atomic mass is 16.5. The summed E-state index contributed by atoms with van der Waals surface area (Å²) in [4.78, 5) is 12.9. The number of imidazole rings is 1. The average molecular weight is 258 g/mol. The second-order valence-electron chi connectivity index (χ2n) is 4.34. The van der Waals surface area contributed by atoms with Crippen molar-refractivity contribution in [3.05, 3.63) is 30.6 Å². The fourth-order valence-electron chi connectivity index (χ4n) is 1.81. The molecule has 3 rings (SSSR count). The molecule has 0 saturated heterocycles. The van der Waals surface area contributed by atoms with Crippen molar-refractivity contribution >= 4 is 5.65 Å². The van der Waals surface area contributed by atoms with Gasteiger partial charge in [0.05, 0.1) is 0 Å². The van der Waals surface area contributed by atoms with Gasteiger partial charge >= 0.3 is 0 Å². The van der Waals surface area contributed by atoms with E-state index in [4.69, 9.17) is 4.52 Å². The highest BCUT2D eigenvalue weighted by molar-refractivity contribution is 5.66. The minimum atomic E-state index is 0.292. The van der Waals surface area contributed by atoms with E-state index >= 15 is 0 Å². The van der Waals surface area contributed by atoms with E-state index in [0.717, 1.165) is 0 Å². The summed E-state index contributed by atoms with van der Waals surface area (Å²) < 4.78 is 7.13. The van der Waals surface area contributed by atoms with Gasteiger partial charge in [0.2, 0.25) is 0 Å². The maximum Gasteiger partial charge on any atom is 0.280 e. The molecule has 19 heavy (non-hydrogen) atoms. The second kappa shape index (κ2) is 4.77. The monoisotopic (exact) mass is 258 g/mol. The summed E-state index contributed by atoms with van der Waals surface area (Å²) in [6.45, 7) is 2.06. The standard InChI is InChI=1S/C12H14N6O/c1-8(13-2)7-9-16-12(19-17-9)10-11-15-4-6-18(11)5-3-14-10/h3-6,8,13H,7H2,1-2H3. The minimum absolute atomic E-state index is 0.292. The van der Waals surface area contributed by atoms with E-state index in [1.165, 1.54) is 0 Å². The normalized spacial score (nSPS) is 12.9. The van der Waals surface area contributed by atoms with Crippen LogP contribution in [0.3, 0.4) is 0 Å². The number of hydrogen-bond donors (Lipinski definition) is 1. The van der Waals surface area contributed by atoms with E-state index in [0.29, 0.717) is 35.5 Å². The van der Waals surface area contributed by atoms with Crippen LogP contribution in [-0.4, -0.2) is 37.6 Å². The number of nitrogens with one attached hydrogen (secondary N) is 1. The summed E-state index contributed by atoms with van der Waals surface area (Å²) in [5.41, 5.74) is 1.31. The van der Waals surface area contributed by atoms with Crippen LogP contribution in [0, 0.1) is 0 Å². The molecule has 1 atom stereocenters. The fourth-order valence-corrected chi connectivity index (χ4v) is 1.81. The molecule has 0 spiro atoms. The molecule has 0 fully saturated rings. The maximum atomic E-state index is 5.27. The molecule has 0 amide bonds. The minimum Gasteiger partial charge on any atom is -0.332 e. The molecule has 1 N–H and O–H groups in total. The van der Waals surface area contributed by atoms with E-state index in [9.17, 15) is 0 Å². The van der Waals surface area contributed by atoms with Gasteiger partial charge in [-0.3, -0.25) is 0 Å². The summed E-state index contributed by atoms with van der Waals surface area (Å²) in [5.74, 6) is 1.06. The fraction of sp³-hybridized carbons (Fsp3) is 0.333. The predicted octanol–water partition coefficient (Wildman–Crippen LogP) is 0.930. The van der Waals surface area contributed by atoms with Crippen molar-refractivity contribution < 1.29 is 4.52 Å². The Hall–Kier alpha value is -2.28. The molecule has 98 valence electrons. The Kier molecular flexibility index (Phi) is 2.96. The van der Waals surface area contributed by atoms with Crippen molar-refractivity contribution in [3.8, 4) is 11.6 Å². The number of rotatable bonds is 4. The van der Waals surface area contributed by atoms with Crippen molar-refractivity contribution in [2.75, 3.05) is 7.05 Å². The average Bonchev–Trinajstić information content (AvgIpc) is 3.06. The number of nitrogens with zero attached hydrogens (tertiary/aromatic N) is 5. The van der Waals surface area contributed by atoms with Gasteiger partial charge in [-0.05, 0) is 14.0 Å². The number of hydrogen-bond acceptors (Lipinski definition) is 6. The van der Waals surface area contributed by atoms with Crippen LogP contribution in [0.5, 0.6) is 0 Å². The quantitative estimate of drug-likeness (QED) is 0.749. The van der Waals surface area contributed by atoms with E-state index < -0.39 is 0 Å². The molecule has 7 nitrogen and oxygen atoms in total. The highest BCUT2D eigenvalue weighted by Gasteiger charge is 2.15. The van der Waals surface area contributed by atoms with E-state index in [2.05, 4.69) is 32.3 Å². The van der Waals surface area contributed by atoms with Crippen molar-refractivity contribution in [3.63, 3.8) is 0 Å². The SMILES string of the molecule is CNC(C)Cc1noc(-c2nccn3ccnc23)n1. The lowest BCUT2D eigenvalue weighted by Gasteiger charge is -2.04. The Balaban J connectivity index is 1.96. The maximum absolute atomic E-state index is 5.27. The molecule has 3 aromatic heterocycles. The molecule has 3 heterocycles. The lowest BCUT2D eigenvalue weighted by atomic mass is 10.2. The van der Waals surface area contributed by atoms with Crippen LogP contribution in [-0.2, 0) is 6.42 Å². The lowest BCUT2D eigenvalue weighted by Crippen LogP contribution is -2.24. The van der Waals surface area contributed by atoms with Gasteiger partial charge in [0.15, 0.2) is 17.2 Å². The van der Waals surface area contributed by atoms with Crippen molar-refractivity contribution in [1.82, 2.24) is 29.8 Å². The van der Waals surface area contributed by atoms with Gasteiger partial charge in [-0.15, -0.1) is 0 Å². The Bertz CT molecular complexity index is 688. The third-order valence-electron chi connectivity index (χ3n) is 2.96. The van der Waals surface area contributed by atoms with Crippen molar-refractivity contribution in [2.45, 2.75) is 19.4 Å². The lowest BCUT2D eigenvalue weighted by molar-refractivity contribution is 0.417. The molecular formula is C12H14N6O. The zero-order valence-electron chi connectivity index (χ0n) is 10.7. The zero-order chi connectivity index (χ0) is 13.2. The first-order valence-corrected chi connectivity index (χ1v) is 6.06. The topological polar surface area (TPSA) is 81.1 Å². The van der Waals surface area contributed by atoms with Crippen molar-refractivity contribution in [2.24, 2.45) is 0 Å². The van der Waals surface area contributed by atoms with Crippen LogP contribution in [0.1, 0.15) is 12.7 Å². The van der Waals surface area contributed by atoms with Gasteiger partial charge in [-0.2, -0.15) is 4.98 Å².